The topological polar surface area (TPSA) is 61.4 Å². The summed E-state index contributed by atoms with van der Waals surface area (Å²) in [5.74, 6) is 1.19. The molecule has 0 unspecified atom stereocenters. The third-order valence-electron chi connectivity index (χ3n) is 5.04. The molecule has 0 bridgehead atoms. The Hall–Kier alpha value is -3.06. The zero-order valence-corrected chi connectivity index (χ0v) is 17.8. The molecule has 2 heterocycles. The average molecular weight is 420 g/mol. The molecule has 0 atom stereocenters. The summed E-state index contributed by atoms with van der Waals surface area (Å²) in [5, 5.41) is 3.73. The molecule has 2 aromatic carbocycles. The number of amides is 1. The van der Waals surface area contributed by atoms with Crippen LogP contribution in [0.5, 0.6) is 0 Å². The number of nitrogens with zero attached hydrogens (tertiary/aromatic N) is 4. The number of para-hydroxylation sites is 1. The van der Waals surface area contributed by atoms with Gasteiger partial charge in [0, 0.05) is 43.6 Å². The minimum absolute atomic E-state index is 0.0412. The molecule has 1 saturated heterocycles. The van der Waals surface area contributed by atoms with Crippen molar-refractivity contribution in [1.82, 2.24) is 9.97 Å². The number of thioether (sulfide) groups is 1. The van der Waals surface area contributed by atoms with Crippen LogP contribution in [0.3, 0.4) is 0 Å². The minimum atomic E-state index is -0.0412. The Morgan fingerprint density at radius 1 is 0.967 bits per heavy atom. The molecule has 1 aromatic heterocycles. The summed E-state index contributed by atoms with van der Waals surface area (Å²) in [7, 11) is 0. The maximum absolute atomic E-state index is 12.2. The van der Waals surface area contributed by atoms with Gasteiger partial charge in [0.2, 0.25) is 5.91 Å². The molecule has 1 aliphatic rings. The lowest BCUT2D eigenvalue weighted by Crippen LogP contribution is -2.46. The van der Waals surface area contributed by atoms with Crippen molar-refractivity contribution in [3.8, 4) is 0 Å². The van der Waals surface area contributed by atoms with Gasteiger partial charge >= 0.3 is 0 Å². The molecular weight excluding hydrogens is 394 g/mol. The van der Waals surface area contributed by atoms with E-state index >= 15 is 0 Å². The van der Waals surface area contributed by atoms with E-state index in [1.165, 1.54) is 23.0 Å². The van der Waals surface area contributed by atoms with Gasteiger partial charge in [-0.15, -0.1) is 0 Å². The molecule has 6 nitrogen and oxygen atoms in total. The SMILES string of the molecule is Cc1ccc(NC(=O)CSc2cc(N3CCN(c4ccccc4)CC3)ncn2)cc1. The number of benzene rings is 2. The standard InChI is InChI=1S/C23H25N5OS/c1-18-7-9-19(10-8-18)26-22(29)16-30-23-15-21(24-17-25-23)28-13-11-27(12-14-28)20-5-3-2-4-6-20/h2-10,15,17H,11-14,16H2,1H3,(H,26,29). The van der Waals surface area contributed by atoms with Gasteiger partial charge in [0.15, 0.2) is 0 Å². The number of aryl methyl sites for hydroxylation is 1. The second-order valence-corrected chi connectivity index (χ2v) is 8.22. The van der Waals surface area contributed by atoms with Crippen LogP contribution < -0.4 is 15.1 Å². The van der Waals surface area contributed by atoms with E-state index < -0.39 is 0 Å². The zero-order valence-electron chi connectivity index (χ0n) is 17.0. The molecule has 4 rings (SSSR count). The van der Waals surface area contributed by atoms with Crippen LogP contribution in [0.1, 0.15) is 5.56 Å². The highest BCUT2D eigenvalue weighted by Crippen LogP contribution is 2.22. The van der Waals surface area contributed by atoms with Crippen LogP contribution in [0, 0.1) is 6.92 Å². The van der Waals surface area contributed by atoms with E-state index in [0.29, 0.717) is 5.75 Å². The molecule has 154 valence electrons. The zero-order chi connectivity index (χ0) is 20.8. The normalized spacial score (nSPS) is 13.9. The molecule has 3 aromatic rings. The fourth-order valence-electron chi connectivity index (χ4n) is 3.39. The van der Waals surface area contributed by atoms with Gasteiger partial charge in [-0.3, -0.25) is 4.79 Å². The highest BCUT2D eigenvalue weighted by Gasteiger charge is 2.18. The van der Waals surface area contributed by atoms with Gasteiger partial charge in [-0.1, -0.05) is 47.7 Å². The predicted molar refractivity (Wildman–Crippen MR) is 123 cm³/mol. The summed E-state index contributed by atoms with van der Waals surface area (Å²) in [5.41, 5.74) is 3.24. The van der Waals surface area contributed by atoms with Gasteiger partial charge in [-0.25, -0.2) is 9.97 Å². The summed E-state index contributed by atoms with van der Waals surface area (Å²) in [6.07, 6.45) is 1.58. The molecule has 7 heteroatoms. The summed E-state index contributed by atoms with van der Waals surface area (Å²) in [4.78, 5) is 25.7. The number of piperazine rings is 1. The number of aromatic nitrogens is 2. The lowest BCUT2D eigenvalue weighted by molar-refractivity contribution is -0.113. The maximum Gasteiger partial charge on any atom is 0.234 e. The molecule has 1 amide bonds. The molecule has 0 saturated carbocycles. The van der Waals surface area contributed by atoms with Crippen molar-refractivity contribution in [3.63, 3.8) is 0 Å². The molecule has 0 spiro atoms. The van der Waals surface area contributed by atoms with Crippen LogP contribution in [-0.4, -0.2) is 47.8 Å². The maximum atomic E-state index is 12.2. The molecule has 0 radical (unpaired) electrons. The molecule has 0 aliphatic carbocycles. The average Bonchev–Trinajstić information content (AvgIpc) is 2.80. The second-order valence-electron chi connectivity index (χ2n) is 7.23. The Morgan fingerprint density at radius 3 is 2.40 bits per heavy atom. The Labute approximate surface area is 181 Å². The summed E-state index contributed by atoms with van der Waals surface area (Å²) >= 11 is 1.43. The van der Waals surface area contributed by atoms with Crippen LogP contribution in [-0.2, 0) is 4.79 Å². The van der Waals surface area contributed by atoms with E-state index in [1.807, 2.05) is 43.3 Å². The smallest absolute Gasteiger partial charge is 0.234 e. The molecule has 30 heavy (non-hydrogen) atoms. The van der Waals surface area contributed by atoms with E-state index in [2.05, 4.69) is 49.4 Å². The van der Waals surface area contributed by atoms with Crippen molar-refractivity contribution < 1.29 is 4.79 Å². The third kappa shape index (κ3) is 5.30. The number of carbonyl (C=O) groups excluding carboxylic acids is 1. The first-order valence-corrected chi connectivity index (χ1v) is 11.0. The Bertz CT molecular complexity index is 972. The first-order valence-electron chi connectivity index (χ1n) is 10.0. The van der Waals surface area contributed by atoms with E-state index in [4.69, 9.17) is 0 Å². The van der Waals surface area contributed by atoms with E-state index in [0.717, 1.165) is 42.7 Å². The third-order valence-corrected chi connectivity index (χ3v) is 5.96. The molecule has 1 N–H and O–H groups in total. The lowest BCUT2D eigenvalue weighted by Gasteiger charge is -2.36. The number of nitrogens with one attached hydrogen (secondary N) is 1. The highest BCUT2D eigenvalue weighted by molar-refractivity contribution is 7.99. The van der Waals surface area contributed by atoms with E-state index in [1.54, 1.807) is 6.33 Å². The monoisotopic (exact) mass is 419 g/mol. The first kappa shape index (κ1) is 20.2. The van der Waals surface area contributed by atoms with Gasteiger partial charge in [-0.2, -0.15) is 0 Å². The Balaban J connectivity index is 1.30. The van der Waals surface area contributed by atoms with Crippen LogP contribution in [0.4, 0.5) is 17.2 Å². The summed E-state index contributed by atoms with van der Waals surface area (Å²) in [6, 6.07) is 20.3. The van der Waals surface area contributed by atoms with Gasteiger partial charge in [-0.05, 0) is 31.2 Å². The van der Waals surface area contributed by atoms with Crippen molar-refractivity contribution in [2.24, 2.45) is 0 Å². The fourth-order valence-corrected chi connectivity index (χ4v) is 4.05. The highest BCUT2D eigenvalue weighted by atomic mass is 32.2. The van der Waals surface area contributed by atoms with Gasteiger partial charge < -0.3 is 15.1 Å². The van der Waals surface area contributed by atoms with Crippen molar-refractivity contribution in [2.75, 3.05) is 47.0 Å². The molecule has 1 fully saturated rings. The largest absolute Gasteiger partial charge is 0.368 e. The van der Waals surface area contributed by atoms with Crippen molar-refractivity contribution in [2.45, 2.75) is 11.9 Å². The Morgan fingerprint density at radius 2 is 1.67 bits per heavy atom. The Kier molecular flexibility index (Phi) is 6.49. The summed E-state index contributed by atoms with van der Waals surface area (Å²) in [6.45, 7) is 5.74. The van der Waals surface area contributed by atoms with Gasteiger partial charge in [0.05, 0.1) is 5.75 Å². The van der Waals surface area contributed by atoms with Crippen molar-refractivity contribution in [1.29, 1.82) is 0 Å². The van der Waals surface area contributed by atoms with Crippen LogP contribution in [0.2, 0.25) is 0 Å². The minimum Gasteiger partial charge on any atom is -0.368 e. The lowest BCUT2D eigenvalue weighted by atomic mass is 10.2. The van der Waals surface area contributed by atoms with Crippen LogP contribution >= 0.6 is 11.8 Å². The quantitative estimate of drug-likeness (QED) is 0.484. The first-order chi connectivity index (χ1) is 14.7. The van der Waals surface area contributed by atoms with E-state index in [9.17, 15) is 4.79 Å². The number of rotatable bonds is 6. The number of carbonyl (C=O) groups is 1. The van der Waals surface area contributed by atoms with Crippen molar-refractivity contribution >= 4 is 34.9 Å². The molecule has 1 aliphatic heterocycles. The molecular formula is C23H25N5OS. The second kappa shape index (κ2) is 9.63. The summed E-state index contributed by atoms with van der Waals surface area (Å²) < 4.78 is 0. The van der Waals surface area contributed by atoms with Gasteiger partial charge in [0.25, 0.3) is 0 Å². The van der Waals surface area contributed by atoms with Crippen LogP contribution in [0.15, 0.2) is 72.0 Å². The number of hydrogen-bond acceptors (Lipinski definition) is 6. The number of hydrogen-bond donors (Lipinski definition) is 1. The number of anilines is 3. The predicted octanol–water partition coefficient (Wildman–Crippen LogP) is 3.84. The van der Waals surface area contributed by atoms with Gasteiger partial charge in [0.1, 0.15) is 17.2 Å². The van der Waals surface area contributed by atoms with Crippen molar-refractivity contribution in [3.05, 3.63) is 72.6 Å². The fraction of sp³-hybridized carbons (Fsp3) is 0.261. The van der Waals surface area contributed by atoms with Crippen LogP contribution in [0.25, 0.3) is 0 Å². The van der Waals surface area contributed by atoms with E-state index in [-0.39, 0.29) is 5.91 Å².